The summed E-state index contributed by atoms with van der Waals surface area (Å²) >= 11 is 6.50. The number of hydrogen-bond acceptors (Lipinski definition) is 6. The van der Waals surface area contributed by atoms with E-state index in [1.165, 1.54) is 4.57 Å². The largest absolute Gasteiger partial charge is 0.352 e. The van der Waals surface area contributed by atoms with Crippen LogP contribution in [0.1, 0.15) is 23.2 Å². The number of rotatable bonds is 6. The summed E-state index contributed by atoms with van der Waals surface area (Å²) in [4.78, 5) is 44.0. The Labute approximate surface area is 221 Å². The molecule has 10 nitrogen and oxygen atoms in total. The van der Waals surface area contributed by atoms with Gasteiger partial charge in [-0.25, -0.2) is 18.2 Å². The highest BCUT2D eigenvalue weighted by Gasteiger charge is 2.32. The molecule has 38 heavy (non-hydrogen) atoms. The average Bonchev–Trinajstić information content (AvgIpc) is 3.45. The standard InChI is InChI=1S/C26H22ClN5O5S/c27-22-17-9-4-10-19-29-15-18(32(17)19)21(22)23(33)28-11-5-12-30-24(34)20(16-7-2-1-3-8-16)25-31(26(30)35)13-6-14-38(25,36)37/h1-4,7-10,15H,5-6,11-14H2,(H,28,33). The third kappa shape index (κ3) is 3.72. The Bertz CT molecular complexity index is 1940. The molecule has 1 aromatic carbocycles. The van der Waals surface area contributed by atoms with Gasteiger partial charge in [0.1, 0.15) is 5.65 Å². The van der Waals surface area contributed by atoms with Crippen LogP contribution in [0, 0.1) is 0 Å². The summed E-state index contributed by atoms with van der Waals surface area (Å²) in [6.07, 6.45) is 2.15. The normalized spacial score (nSPS) is 14.7. The molecule has 4 aromatic heterocycles. The molecule has 0 unspecified atom stereocenters. The molecular weight excluding hydrogens is 530 g/mol. The lowest BCUT2D eigenvalue weighted by atomic mass is 10.1. The van der Waals surface area contributed by atoms with Gasteiger partial charge < -0.3 is 5.32 Å². The monoisotopic (exact) mass is 551 g/mol. The fraction of sp³-hybridized carbons (Fsp3) is 0.231. The van der Waals surface area contributed by atoms with E-state index >= 15 is 0 Å². The van der Waals surface area contributed by atoms with E-state index < -0.39 is 27.0 Å². The van der Waals surface area contributed by atoms with E-state index in [9.17, 15) is 22.8 Å². The minimum atomic E-state index is -3.80. The van der Waals surface area contributed by atoms with Crippen LogP contribution in [0.5, 0.6) is 0 Å². The summed E-state index contributed by atoms with van der Waals surface area (Å²) in [5.74, 6) is -0.508. The molecule has 1 aliphatic rings. The molecule has 12 heteroatoms. The lowest BCUT2D eigenvalue weighted by Gasteiger charge is -2.23. The van der Waals surface area contributed by atoms with Crippen LogP contribution in [-0.4, -0.2) is 45.1 Å². The molecule has 0 atom stereocenters. The van der Waals surface area contributed by atoms with Crippen molar-refractivity contribution in [1.29, 1.82) is 0 Å². The van der Waals surface area contributed by atoms with Gasteiger partial charge in [-0.05, 0) is 30.5 Å². The predicted octanol–water partition coefficient (Wildman–Crippen LogP) is 2.57. The Kier molecular flexibility index (Phi) is 5.84. The maximum Gasteiger partial charge on any atom is 0.332 e. The number of imidazole rings is 1. The Morgan fingerprint density at radius 2 is 1.84 bits per heavy atom. The third-order valence-electron chi connectivity index (χ3n) is 6.83. The van der Waals surface area contributed by atoms with Crippen LogP contribution in [0.4, 0.5) is 0 Å². The molecule has 0 saturated carbocycles. The molecule has 0 saturated heterocycles. The summed E-state index contributed by atoms with van der Waals surface area (Å²) < 4.78 is 29.9. The molecule has 6 rings (SSSR count). The molecule has 1 N–H and O–H groups in total. The van der Waals surface area contributed by atoms with E-state index in [0.29, 0.717) is 32.8 Å². The quantitative estimate of drug-likeness (QED) is 0.255. The zero-order valence-corrected chi connectivity index (χ0v) is 21.6. The highest BCUT2D eigenvalue weighted by molar-refractivity contribution is 7.91. The minimum absolute atomic E-state index is 0.000609. The molecule has 1 amide bonds. The molecule has 1 aliphatic heterocycles. The van der Waals surface area contributed by atoms with Crippen molar-refractivity contribution in [2.75, 3.05) is 12.3 Å². The molecule has 0 fully saturated rings. The molecule has 0 spiro atoms. The summed E-state index contributed by atoms with van der Waals surface area (Å²) in [7, 11) is -3.80. The first-order chi connectivity index (χ1) is 18.3. The first kappa shape index (κ1) is 24.4. The number of fused-ring (bicyclic) bond motifs is 1. The molecule has 0 aliphatic carbocycles. The van der Waals surface area contributed by atoms with E-state index in [-0.39, 0.29) is 48.8 Å². The van der Waals surface area contributed by atoms with Crippen LogP contribution in [0.2, 0.25) is 5.02 Å². The van der Waals surface area contributed by atoms with Gasteiger partial charge in [-0.15, -0.1) is 0 Å². The van der Waals surface area contributed by atoms with Crippen molar-refractivity contribution in [3.8, 4) is 11.1 Å². The second-order valence-corrected chi connectivity index (χ2v) is 11.6. The Morgan fingerprint density at radius 1 is 1.05 bits per heavy atom. The van der Waals surface area contributed by atoms with Gasteiger partial charge in [0.2, 0.25) is 0 Å². The van der Waals surface area contributed by atoms with E-state index in [2.05, 4.69) is 10.3 Å². The highest BCUT2D eigenvalue weighted by Crippen LogP contribution is 2.32. The lowest BCUT2D eigenvalue weighted by Crippen LogP contribution is -2.45. The van der Waals surface area contributed by atoms with Crippen LogP contribution in [-0.2, 0) is 22.9 Å². The van der Waals surface area contributed by atoms with Gasteiger partial charge >= 0.3 is 5.69 Å². The Balaban J connectivity index is 1.28. The van der Waals surface area contributed by atoms with E-state index in [0.717, 1.165) is 4.57 Å². The number of pyridine rings is 1. The van der Waals surface area contributed by atoms with Crippen molar-refractivity contribution in [3.05, 3.63) is 86.2 Å². The van der Waals surface area contributed by atoms with Gasteiger partial charge in [-0.1, -0.05) is 48.0 Å². The van der Waals surface area contributed by atoms with Gasteiger partial charge in [0, 0.05) is 19.6 Å². The molecular formula is C26H22ClN5O5S. The average molecular weight is 552 g/mol. The fourth-order valence-electron chi connectivity index (χ4n) is 5.13. The molecule has 0 radical (unpaired) electrons. The summed E-state index contributed by atoms with van der Waals surface area (Å²) in [6.45, 7) is 0.372. The number of carbonyl (C=O) groups excluding carboxylic acids is 1. The van der Waals surface area contributed by atoms with Crippen molar-refractivity contribution in [1.82, 2.24) is 23.8 Å². The van der Waals surface area contributed by atoms with E-state index in [4.69, 9.17) is 11.6 Å². The number of benzene rings is 1. The number of hydrogen-bond donors (Lipinski definition) is 1. The van der Waals surface area contributed by atoms with Gasteiger partial charge in [0.15, 0.2) is 14.9 Å². The number of nitrogens with one attached hydrogen (secondary N) is 1. The second-order valence-electron chi connectivity index (χ2n) is 9.16. The fourth-order valence-corrected chi connectivity index (χ4v) is 7.18. The highest BCUT2D eigenvalue weighted by atomic mass is 35.5. The number of amides is 1. The zero-order chi connectivity index (χ0) is 26.6. The first-order valence-corrected chi connectivity index (χ1v) is 14.1. The van der Waals surface area contributed by atoms with Crippen molar-refractivity contribution < 1.29 is 13.2 Å². The lowest BCUT2D eigenvalue weighted by molar-refractivity contribution is 0.0954. The summed E-state index contributed by atoms with van der Waals surface area (Å²) in [5, 5.41) is 2.92. The maximum atomic E-state index is 13.5. The zero-order valence-electron chi connectivity index (χ0n) is 20.1. The molecule has 5 heterocycles. The minimum Gasteiger partial charge on any atom is -0.352 e. The number of aromatic nitrogens is 4. The van der Waals surface area contributed by atoms with Gasteiger partial charge in [0.25, 0.3) is 11.5 Å². The smallest absolute Gasteiger partial charge is 0.332 e. The van der Waals surface area contributed by atoms with E-state index in [1.54, 1.807) is 42.6 Å². The third-order valence-corrected chi connectivity index (χ3v) is 9.06. The van der Waals surface area contributed by atoms with Crippen LogP contribution >= 0.6 is 11.6 Å². The number of halogens is 1. The van der Waals surface area contributed by atoms with Crippen LogP contribution < -0.4 is 16.6 Å². The van der Waals surface area contributed by atoms with Gasteiger partial charge in [0.05, 0.1) is 39.1 Å². The predicted molar refractivity (Wildman–Crippen MR) is 143 cm³/mol. The maximum absolute atomic E-state index is 13.5. The van der Waals surface area contributed by atoms with Crippen molar-refractivity contribution in [2.45, 2.75) is 31.0 Å². The van der Waals surface area contributed by atoms with Crippen molar-refractivity contribution in [3.63, 3.8) is 0 Å². The van der Waals surface area contributed by atoms with Gasteiger partial charge in [-0.2, -0.15) is 0 Å². The Hall–Kier alpha value is -3.96. The van der Waals surface area contributed by atoms with Crippen molar-refractivity contribution >= 4 is 44.0 Å². The van der Waals surface area contributed by atoms with Crippen molar-refractivity contribution in [2.24, 2.45) is 0 Å². The Morgan fingerprint density at radius 3 is 2.63 bits per heavy atom. The summed E-state index contributed by atoms with van der Waals surface area (Å²) in [6, 6.07) is 13.9. The molecule has 5 aromatic rings. The van der Waals surface area contributed by atoms with Gasteiger partial charge in [-0.3, -0.25) is 23.1 Å². The first-order valence-electron chi connectivity index (χ1n) is 12.1. The number of sulfone groups is 1. The number of nitrogens with zero attached hydrogens (tertiary/aromatic N) is 4. The van der Waals surface area contributed by atoms with Crippen LogP contribution in [0.15, 0.2) is 69.3 Å². The summed E-state index contributed by atoms with van der Waals surface area (Å²) in [5.41, 5.74) is 1.36. The SMILES string of the molecule is O=C(NCCCn1c(=O)c(-c2ccccc2)c2n(c1=O)CCCS2(=O)=O)c1c(Cl)c2cccc3ncc1n32. The number of carbonyl (C=O) groups is 1. The van der Waals surface area contributed by atoms with Crippen LogP contribution in [0.25, 0.3) is 27.8 Å². The topological polar surface area (TPSA) is 125 Å². The molecule has 194 valence electrons. The second kappa shape index (κ2) is 9.10. The molecule has 0 bridgehead atoms. The van der Waals surface area contributed by atoms with E-state index in [1.807, 2.05) is 16.5 Å². The van der Waals surface area contributed by atoms with Crippen LogP contribution in [0.3, 0.4) is 0 Å².